The molecule has 0 saturated carbocycles. The largest absolute Gasteiger partial charge is 0.302 e. The van der Waals surface area contributed by atoms with Gasteiger partial charge in [0.1, 0.15) is 11.6 Å². The molecule has 2 aromatic rings. The SMILES string of the molecule is CCC[C@H](c1nc2ccc(F)cc2c(=O)n1C)N1CCCN(CC)CC1. The predicted molar refractivity (Wildman–Crippen MR) is 103 cm³/mol. The fourth-order valence-corrected chi connectivity index (χ4v) is 3.93. The molecule has 142 valence electrons. The number of hydrogen-bond donors (Lipinski definition) is 0. The molecule has 0 unspecified atom stereocenters. The van der Waals surface area contributed by atoms with E-state index >= 15 is 0 Å². The number of halogens is 1. The lowest BCUT2D eigenvalue weighted by Crippen LogP contribution is -2.37. The van der Waals surface area contributed by atoms with E-state index in [1.165, 1.54) is 12.1 Å². The molecule has 26 heavy (non-hydrogen) atoms. The second-order valence-electron chi connectivity index (χ2n) is 7.12. The number of benzene rings is 1. The molecule has 0 bridgehead atoms. The Balaban J connectivity index is 2.01. The van der Waals surface area contributed by atoms with Crippen LogP contribution in [-0.4, -0.2) is 52.1 Å². The van der Waals surface area contributed by atoms with Crippen molar-refractivity contribution < 1.29 is 4.39 Å². The van der Waals surface area contributed by atoms with Gasteiger partial charge in [0.05, 0.1) is 16.9 Å². The Hall–Kier alpha value is -1.79. The lowest BCUT2D eigenvalue weighted by atomic mass is 10.1. The average Bonchev–Trinajstić information content (AvgIpc) is 2.89. The molecule has 0 N–H and O–H groups in total. The van der Waals surface area contributed by atoms with Crippen molar-refractivity contribution in [3.8, 4) is 0 Å². The zero-order valence-electron chi connectivity index (χ0n) is 16.0. The van der Waals surface area contributed by atoms with Crippen LogP contribution in [-0.2, 0) is 7.05 Å². The Morgan fingerprint density at radius 1 is 1.19 bits per heavy atom. The van der Waals surface area contributed by atoms with Gasteiger partial charge in [0.25, 0.3) is 5.56 Å². The molecule has 1 aliphatic rings. The van der Waals surface area contributed by atoms with Gasteiger partial charge in [-0.25, -0.2) is 9.37 Å². The lowest BCUT2D eigenvalue weighted by molar-refractivity contribution is 0.179. The van der Waals surface area contributed by atoms with Crippen LogP contribution in [0.4, 0.5) is 4.39 Å². The van der Waals surface area contributed by atoms with Crippen LogP contribution in [0, 0.1) is 5.82 Å². The Kier molecular flexibility index (Phi) is 6.04. The van der Waals surface area contributed by atoms with E-state index in [-0.39, 0.29) is 11.6 Å². The summed E-state index contributed by atoms with van der Waals surface area (Å²) in [5.41, 5.74) is 0.409. The highest BCUT2D eigenvalue weighted by Crippen LogP contribution is 2.26. The third-order valence-corrected chi connectivity index (χ3v) is 5.44. The molecule has 1 atom stereocenters. The van der Waals surface area contributed by atoms with E-state index in [2.05, 4.69) is 23.6 Å². The summed E-state index contributed by atoms with van der Waals surface area (Å²) < 4.78 is 15.2. The summed E-state index contributed by atoms with van der Waals surface area (Å²) in [6, 6.07) is 4.39. The molecule has 3 rings (SSSR count). The van der Waals surface area contributed by atoms with Gasteiger partial charge < -0.3 is 4.90 Å². The smallest absolute Gasteiger partial charge is 0.261 e. The minimum atomic E-state index is -0.401. The van der Waals surface area contributed by atoms with Crippen LogP contribution in [0.15, 0.2) is 23.0 Å². The van der Waals surface area contributed by atoms with Crippen LogP contribution in [0.3, 0.4) is 0 Å². The zero-order valence-corrected chi connectivity index (χ0v) is 16.0. The summed E-state index contributed by atoms with van der Waals surface area (Å²) in [7, 11) is 1.76. The van der Waals surface area contributed by atoms with Crippen molar-refractivity contribution in [2.75, 3.05) is 32.7 Å². The highest BCUT2D eigenvalue weighted by atomic mass is 19.1. The molecule has 2 heterocycles. The highest BCUT2D eigenvalue weighted by Gasteiger charge is 2.26. The van der Waals surface area contributed by atoms with Gasteiger partial charge in [-0.15, -0.1) is 0 Å². The molecule has 0 radical (unpaired) electrons. The van der Waals surface area contributed by atoms with Gasteiger partial charge in [0.2, 0.25) is 0 Å². The molecule has 1 fully saturated rings. The third kappa shape index (κ3) is 3.81. The summed E-state index contributed by atoms with van der Waals surface area (Å²) in [6.45, 7) is 9.60. The number of aromatic nitrogens is 2. The predicted octanol–water partition coefficient (Wildman–Crippen LogP) is 2.94. The van der Waals surface area contributed by atoms with Crippen LogP contribution in [0.5, 0.6) is 0 Å². The Bertz CT molecular complexity index is 819. The van der Waals surface area contributed by atoms with Crippen LogP contribution >= 0.6 is 0 Å². The quantitative estimate of drug-likeness (QED) is 0.822. The minimum absolute atomic E-state index is 0.115. The number of rotatable bonds is 5. The number of nitrogens with zero attached hydrogens (tertiary/aromatic N) is 4. The van der Waals surface area contributed by atoms with Crippen molar-refractivity contribution in [3.63, 3.8) is 0 Å². The van der Waals surface area contributed by atoms with Crippen LogP contribution in [0.2, 0.25) is 0 Å². The van der Waals surface area contributed by atoms with Crippen LogP contribution in [0.1, 0.15) is 45.0 Å². The van der Waals surface area contributed by atoms with Crippen molar-refractivity contribution in [1.82, 2.24) is 19.4 Å². The van der Waals surface area contributed by atoms with Gasteiger partial charge in [-0.1, -0.05) is 20.3 Å². The number of likely N-dealkylation sites (N-methyl/N-ethyl adjacent to an activating group) is 1. The molecule has 1 saturated heterocycles. The van der Waals surface area contributed by atoms with Crippen molar-refractivity contribution in [2.45, 2.75) is 39.2 Å². The molecule has 6 heteroatoms. The molecule has 1 aromatic carbocycles. The van der Waals surface area contributed by atoms with Gasteiger partial charge >= 0.3 is 0 Å². The molecule has 1 aliphatic heterocycles. The van der Waals surface area contributed by atoms with E-state index in [4.69, 9.17) is 4.98 Å². The first-order valence-electron chi connectivity index (χ1n) is 9.67. The molecule has 0 amide bonds. The fourth-order valence-electron chi connectivity index (χ4n) is 3.93. The van der Waals surface area contributed by atoms with E-state index < -0.39 is 5.82 Å². The van der Waals surface area contributed by atoms with Crippen LogP contribution in [0.25, 0.3) is 10.9 Å². The maximum atomic E-state index is 13.5. The van der Waals surface area contributed by atoms with Gasteiger partial charge in [0, 0.05) is 26.7 Å². The number of fused-ring (bicyclic) bond motifs is 1. The van der Waals surface area contributed by atoms with Crippen molar-refractivity contribution >= 4 is 10.9 Å². The lowest BCUT2D eigenvalue weighted by Gasteiger charge is -2.31. The van der Waals surface area contributed by atoms with Gasteiger partial charge in [0.15, 0.2) is 0 Å². The third-order valence-electron chi connectivity index (χ3n) is 5.44. The van der Waals surface area contributed by atoms with Gasteiger partial charge in [-0.05, 0) is 44.1 Å². The second kappa shape index (κ2) is 8.27. The van der Waals surface area contributed by atoms with E-state index in [1.54, 1.807) is 17.7 Å². The first-order chi connectivity index (χ1) is 12.5. The van der Waals surface area contributed by atoms with Gasteiger partial charge in [-0.3, -0.25) is 14.3 Å². The normalized spacial score (nSPS) is 18.2. The summed E-state index contributed by atoms with van der Waals surface area (Å²) >= 11 is 0. The van der Waals surface area contributed by atoms with Crippen molar-refractivity contribution in [1.29, 1.82) is 0 Å². The average molecular weight is 360 g/mol. The fraction of sp³-hybridized carbons (Fsp3) is 0.600. The van der Waals surface area contributed by atoms with Crippen LogP contribution < -0.4 is 5.56 Å². The molecular weight excluding hydrogens is 331 g/mol. The standard InChI is InChI=1S/C20H29FN4O/c1-4-7-18(25-11-6-10-24(5-2)12-13-25)19-22-17-9-8-15(21)14-16(17)20(26)23(19)3/h8-9,14,18H,4-7,10-13H2,1-3H3/t18-/m1/s1. The zero-order chi connectivity index (χ0) is 18.7. The van der Waals surface area contributed by atoms with E-state index in [1.807, 2.05) is 0 Å². The topological polar surface area (TPSA) is 41.4 Å². The summed E-state index contributed by atoms with van der Waals surface area (Å²) in [6.07, 6.45) is 3.11. The monoisotopic (exact) mass is 360 g/mol. The Morgan fingerprint density at radius 3 is 2.73 bits per heavy atom. The maximum Gasteiger partial charge on any atom is 0.261 e. The molecular formula is C20H29FN4O. The first-order valence-corrected chi connectivity index (χ1v) is 9.67. The van der Waals surface area contributed by atoms with Gasteiger partial charge in [-0.2, -0.15) is 0 Å². The summed E-state index contributed by atoms with van der Waals surface area (Å²) in [5, 5.41) is 0.347. The molecule has 0 spiro atoms. The summed E-state index contributed by atoms with van der Waals surface area (Å²) in [4.78, 5) is 22.5. The Labute approximate surface area is 154 Å². The van der Waals surface area contributed by atoms with Crippen molar-refractivity contribution in [2.24, 2.45) is 7.05 Å². The Morgan fingerprint density at radius 2 is 2.00 bits per heavy atom. The number of hydrogen-bond acceptors (Lipinski definition) is 4. The molecule has 0 aliphatic carbocycles. The van der Waals surface area contributed by atoms with E-state index in [0.717, 1.165) is 57.8 Å². The maximum absolute atomic E-state index is 13.5. The highest BCUT2D eigenvalue weighted by molar-refractivity contribution is 5.77. The molecule has 1 aromatic heterocycles. The van der Waals surface area contributed by atoms with E-state index in [9.17, 15) is 9.18 Å². The summed E-state index contributed by atoms with van der Waals surface area (Å²) in [5.74, 6) is 0.391. The van der Waals surface area contributed by atoms with Crippen molar-refractivity contribution in [3.05, 3.63) is 40.2 Å². The minimum Gasteiger partial charge on any atom is -0.302 e. The second-order valence-corrected chi connectivity index (χ2v) is 7.12. The molecule has 5 nitrogen and oxygen atoms in total. The van der Waals surface area contributed by atoms with E-state index in [0.29, 0.717) is 10.9 Å². The first kappa shape index (κ1) is 19.0.